The number of guanidine groups is 1. The topological polar surface area (TPSA) is 70.6 Å². The van der Waals surface area contributed by atoms with Crippen LogP contribution < -0.4 is 11.1 Å². The van der Waals surface area contributed by atoms with Gasteiger partial charge in [-0.2, -0.15) is 0 Å². The van der Waals surface area contributed by atoms with Gasteiger partial charge in [-0.3, -0.25) is 4.99 Å². The molecular weight excluding hydrogens is 317 g/mol. The van der Waals surface area contributed by atoms with Crippen molar-refractivity contribution in [1.82, 2.24) is 0 Å². The first-order valence-corrected chi connectivity index (χ1v) is 8.44. The van der Waals surface area contributed by atoms with Crippen LogP contribution in [0.15, 0.2) is 47.5 Å². The van der Waals surface area contributed by atoms with Crippen molar-refractivity contribution >= 4 is 11.6 Å². The van der Waals surface area contributed by atoms with Crippen LogP contribution in [0.25, 0.3) is 0 Å². The standard InChI is InChI=1S/C20H24FN3O/c1-13-3-8-17(9-14(13)2)24-19(22)23-11-20(12-25)10-18(20)15-4-6-16(21)7-5-15/h3-9,18,25H,10-12H2,1-2H3,(H3,22,23,24). The number of aliphatic hydroxyl groups excluding tert-OH is 1. The summed E-state index contributed by atoms with van der Waals surface area (Å²) in [5.41, 5.74) is 10.0. The molecule has 2 aromatic rings. The van der Waals surface area contributed by atoms with Crippen molar-refractivity contribution in [2.75, 3.05) is 18.5 Å². The van der Waals surface area contributed by atoms with Crippen molar-refractivity contribution in [1.29, 1.82) is 0 Å². The van der Waals surface area contributed by atoms with Crippen LogP contribution in [-0.2, 0) is 0 Å². The molecule has 1 fully saturated rings. The number of hydrogen-bond acceptors (Lipinski definition) is 2. The highest BCUT2D eigenvalue weighted by Crippen LogP contribution is 2.59. The van der Waals surface area contributed by atoms with Gasteiger partial charge in [0.1, 0.15) is 5.82 Å². The third-order valence-corrected chi connectivity index (χ3v) is 5.12. The Hall–Kier alpha value is -2.40. The molecule has 2 unspecified atom stereocenters. The zero-order valence-electron chi connectivity index (χ0n) is 14.6. The number of nitrogens with one attached hydrogen (secondary N) is 1. The smallest absolute Gasteiger partial charge is 0.193 e. The fourth-order valence-electron chi connectivity index (χ4n) is 3.16. The van der Waals surface area contributed by atoms with Gasteiger partial charge in [0.25, 0.3) is 0 Å². The molecule has 0 bridgehead atoms. The monoisotopic (exact) mass is 341 g/mol. The van der Waals surface area contributed by atoms with Crippen molar-refractivity contribution in [2.24, 2.45) is 16.1 Å². The minimum Gasteiger partial charge on any atom is -0.396 e. The Morgan fingerprint density at radius 3 is 2.60 bits per heavy atom. The Labute approximate surface area is 147 Å². The number of aliphatic hydroxyl groups is 1. The molecule has 0 spiro atoms. The van der Waals surface area contributed by atoms with Gasteiger partial charge >= 0.3 is 0 Å². The number of benzene rings is 2. The SMILES string of the molecule is Cc1ccc(NC(N)=NCC2(CO)CC2c2ccc(F)cc2)cc1C. The molecule has 132 valence electrons. The van der Waals surface area contributed by atoms with Crippen molar-refractivity contribution in [3.63, 3.8) is 0 Å². The lowest BCUT2D eigenvalue weighted by Crippen LogP contribution is -2.25. The first kappa shape index (κ1) is 17.4. The maximum Gasteiger partial charge on any atom is 0.193 e. The molecule has 5 heteroatoms. The number of nitrogens with two attached hydrogens (primary N) is 1. The molecule has 1 saturated carbocycles. The van der Waals surface area contributed by atoms with Gasteiger partial charge in [0.2, 0.25) is 0 Å². The Balaban J connectivity index is 1.65. The number of aryl methyl sites for hydroxylation is 2. The molecule has 4 N–H and O–H groups in total. The summed E-state index contributed by atoms with van der Waals surface area (Å²) < 4.78 is 13.1. The van der Waals surface area contributed by atoms with Gasteiger partial charge < -0.3 is 16.2 Å². The summed E-state index contributed by atoms with van der Waals surface area (Å²) in [4.78, 5) is 4.42. The van der Waals surface area contributed by atoms with E-state index < -0.39 is 0 Å². The third-order valence-electron chi connectivity index (χ3n) is 5.12. The second kappa shape index (κ2) is 6.84. The number of aliphatic imine (C=N–C) groups is 1. The van der Waals surface area contributed by atoms with Crippen LogP contribution in [0.3, 0.4) is 0 Å². The lowest BCUT2D eigenvalue weighted by atomic mass is 10.00. The normalized spacial score (nSPS) is 22.7. The van der Waals surface area contributed by atoms with E-state index in [9.17, 15) is 9.50 Å². The maximum absolute atomic E-state index is 13.1. The summed E-state index contributed by atoms with van der Waals surface area (Å²) in [5.74, 6) is 0.274. The summed E-state index contributed by atoms with van der Waals surface area (Å²) >= 11 is 0. The van der Waals surface area contributed by atoms with Crippen LogP contribution in [0.5, 0.6) is 0 Å². The molecule has 25 heavy (non-hydrogen) atoms. The van der Waals surface area contributed by atoms with E-state index in [2.05, 4.69) is 17.2 Å². The van der Waals surface area contributed by atoms with Crippen LogP contribution in [0.2, 0.25) is 0 Å². The van der Waals surface area contributed by atoms with E-state index >= 15 is 0 Å². The fourth-order valence-corrected chi connectivity index (χ4v) is 3.16. The fraction of sp³-hybridized carbons (Fsp3) is 0.350. The minimum absolute atomic E-state index is 0.0372. The summed E-state index contributed by atoms with van der Waals surface area (Å²) in [5, 5.41) is 12.9. The third kappa shape index (κ3) is 3.82. The Morgan fingerprint density at radius 2 is 1.96 bits per heavy atom. The molecule has 1 aliphatic rings. The highest BCUT2D eigenvalue weighted by atomic mass is 19.1. The summed E-state index contributed by atoms with van der Waals surface area (Å²) in [6, 6.07) is 12.5. The van der Waals surface area contributed by atoms with E-state index in [1.807, 2.05) is 25.1 Å². The van der Waals surface area contributed by atoms with E-state index in [1.54, 1.807) is 12.1 Å². The van der Waals surface area contributed by atoms with E-state index in [0.717, 1.165) is 17.7 Å². The van der Waals surface area contributed by atoms with Gasteiger partial charge in [0.15, 0.2) is 5.96 Å². The molecule has 3 rings (SSSR count). The number of anilines is 1. The molecule has 2 aromatic carbocycles. The average molecular weight is 341 g/mol. The van der Waals surface area contributed by atoms with Crippen molar-refractivity contribution in [3.05, 3.63) is 65.0 Å². The molecule has 0 amide bonds. The lowest BCUT2D eigenvalue weighted by molar-refractivity contribution is 0.212. The zero-order valence-corrected chi connectivity index (χ0v) is 14.6. The van der Waals surface area contributed by atoms with Gasteiger partial charge in [-0.1, -0.05) is 18.2 Å². The molecule has 2 atom stereocenters. The maximum atomic E-state index is 13.1. The molecule has 0 aromatic heterocycles. The molecule has 4 nitrogen and oxygen atoms in total. The van der Waals surface area contributed by atoms with Gasteiger partial charge in [0, 0.05) is 11.1 Å². The molecule has 1 aliphatic carbocycles. The number of hydrogen-bond donors (Lipinski definition) is 3. The van der Waals surface area contributed by atoms with Crippen LogP contribution in [0.1, 0.15) is 29.0 Å². The second-order valence-corrected chi connectivity index (χ2v) is 6.95. The quantitative estimate of drug-likeness (QED) is 0.577. The Kier molecular flexibility index (Phi) is 4.77. The van der Waals surface area contributed by atoms with Crippen LogP contribution in [-0.4, -0.2) is 24.2 Å². The predicted octanol–water partition coefficient (Wildman–Crippen LogP) is 3.34. The molecule has 0 aliphatic heterocycles. The van der Waals surface area contributed by atoms with E-state index in [4.69, 9.17) is 5.73 Å². The zero-order chi connectivity index (χ0) is 18.0. The summed E-state index contributed by atoms with van der Waals surface area (Å²) in [6.07, 6.45) is 0.829. The number of rotatable bonds is 5. The van der Waals surface area contributed by atoms with E-state index in [-0.39, 0.29) is 23.8 Å². The molecular formula is C20H24FN3O. The van der Waals surface area contributed by atoms with E-state index in [0.29, 0.717) is 12.5 Å². The summed E-state index contributed by atoms with van der Waals surface area (Å²) in [6.45, 7) is 4.58. The lowest BCUT2D eigenvalue weighted by Gasteiger charge is -2.13. The van der Waals surface area contributed by atoms with Gasteiger partial charge in [-0.15, -0.1) is 0 Å². The van der Waals surface area contributed by atoms with Gasteiger partial charge in [0.05, 0.1) is 13.2 Å². The Bertz CT molecular complexity index is 788. The highest BCUT2D eigenvalue weighted by Gasteiger charge is 2.54. The average Bonchev–Trinajstić information content (AvgIpc) is 3.32. The first-order valence-electron chi connectivity index (χ1n) is 8.44. The highest BCUT2D eigenvalue weighted by molar-refractivity contribution is 5.92. The van der Waals surface area contributed by atoms with Crippen LogP contribution >= 0.6 is 0 Å². The number of halogens is 1. The van der Waals surface area contributed by atoms with Crippen LogP contribution in [0.4, 0.5) is 10.1 Å². The largest absolute Gasteiger partial charge is 0.396 e. The number of nitrogens with zero attached hydrogens (tertiary/aromatic N) is 1. The van der Waals surface area contributed by atoms with Gasteiger partial charge in [-0.25, -0.2) is 4.39 Å². The van der Waals surface area contributed by atoms with E-state index in [1.165, 1.54) is 23.3 Å². The van der Waals surface area contributed by atoms with Gasteiger partial charge in [-0.05, 0) is 67.1 Å². The van der Waals surface area contributed by atoms with Crippen molar-refractivity contribution in [3.8, 4) is 0 Å². The van der Waals surface area contributed by atoms with Crippen molar-refractivity contribution in [2.45, 2.75) is 26.2 Å². The first-order chi connectivity index (χ1) is 11.9. The second-order valence-electron chi connectivity index (χ2n) is 6.95. The molecule has 0 saturated heterocycles. The minimum atomic E-state index is -0.298. The molecule has 0 radical (unpaired) electrons. The molecule has 0 heterocycles. The Morgan fingerprint density at radius 1 is 1.24 bits per heavy atom. The van der Waals surface area contributed by atoms with Crippen molar-refractivity contribution < 1.29 is 9.50 Å². The summed E-state index contributed by atoms with van der Waals surface area (Å²) in [7, 11) is 0. The predicted molar refractivity (Wildman–Crippen MR) is 99.3 cm³/mol. The van der Waals surface area contributed by atoms with Crippen LogP contribution in [0, 0.1) is 25.1 Å².